The maximum atomic E-state index is 5.85. The molecule has 66 valence electrons. The molecule has 0 aliphatic heterocycles. The van der Waals surface area contributed by atoms with Gasteiger partial charge in [0, 0.05) is 11.8 Å². The maximum absolute atomic E-state index is 5.85. The van der Waals surface area contributed by atoms with E-state index in [-0.39, 0.29) is 6.04 Å². The third-order valence-corrected chi connectivity index (χ3v) is 2.65. The second kappa shape index (κ2) is 5.51. The molecule has 0 aliphatic rings. The number of hydrogen-bond acceptors (Lipinski definition) is 3. The molecule has 1 aromatic carbocycles. The third kappa shape index (κ3) is 3.52. The number of thiol groups is 1. The van der Waals surface area contributed by atoms with Crippen LogP contribution in [0.5, 0.6) is 0 Å². The van der Waals surface area contributed by atoms with Crippen LogP contribution in [0.15, 0.2) is 30.3 Å². The quantitative estimate of drug-likeness (QED) is 0.574. The van der Waals surface area contributed by atoms with Crippen LogP contribution in [-0.2, 0) is 6.42 Å². The predicted molar refractivity (Wildman–Crippen MR) is 59.6 cm³/mol. The Morgan fingerprint density at radius 3 is 2.58 bits per heavy atom. The van der Waals surface area contributed by atoms with Crippen LogP contribution in [0.3, 0.4) is 0 Å². The summed E-state index contributed by atoms with van der Waals surface area (Å²) in [5.41, 5.74) is 7.15. The van der Waals surface area contributed by atoms with Crippen LogP contribution in [0.1, 0.15) is 5.56 Å². The van der Waals surface area contributed by atoms with Gasteiger partial charge < -0.3 is 5.73 Å². The first-order valence-corrected chi connectivity index (χ1v) is 5.92. The highest BCUT2D eigenvalue weighted by atomic mass is 33.1. The summed E-state index contributed by atoms with van der Waals surface area (Å²) in [4.78, 5) is 0. The molecule has 1 atom stereocenters. The summed E-state index contributed by atoms with van der Waals surface area (Å²) in [7, 11) is 1.50. The minimum absolute atomic E-state index is 0.217. The van der Waals surface area contributed by atoms with Gasteiger partial charge in [0.25, 0.3) is 0 Å². The normalized spacial score (nSPS) is 12.8. The Morgan fingerprint density at radius 2 is 2.00 bits per heavy atom. The van der Waals surface area contributed by atoms with Gasteiger partial charge in [-0.05, 0) is 12.0 Å². The van der Waals surface area contributed by atoms with E-state index in [0.717, 1.165) is 12.2 Å². The summed E-state index contributed by atoms with van der Waals surface area (Å²) in [5, 5.41) is 0. The van der Waals surface area contributed by atoms with Gasteiger partial charge in [-0.1, -0.05) is 41.1 Å². The number of rotatable bonds is 4. The van der Waals surface area contributed by atoms with Crippen LogP contribution in [0.4, 0.5) is 0 Å². The van der Waals surface area contributed by atoms with Gasteiger partial charge in [0.1, 0.15) is 0 Å². The Kier molecular flexibility index (Phi) is 4.58. The van der Waals surface area contributed by atoms with Crippen molar-refractivity contribution in [1.29, 1.82) is 0 Å². The van der Waals surface area contributed by atoms with Crippen molar-refractivity contribution < 1.29 is 0 Å². The maximum Gasteiger partial charge on any atom is 0.0190 e. The lowest BCUT2D eigenvalue weighted by Crippen LogP contribution is -2.24. The first kappa shape index (κ1) is 9.96. The summed E-state index contributed by atoms with van der Waals surface area (Å²) in [6, 6.07) is 10.5. The summed E-state index contributed by atoms with van der Waals surface area (Å²) in [6.45, 7) is 0. The van der Waals surface area contributed by atoms with E-state index < -0.39 is 0 Å². The molecule has 0 bridgehead atoms. The van der Waals surface area contributed by atoms with E-state index in [1.54, 1.807) is 0 Å². The molecule has 0 heterocycles. The van der Waals surface area contributed by atoms with Crippen LogP contribution < -0.4 is 5.73 Å². The number of hydrogen-bond donors (Lipinski definition) is 2. The summed E-state index contributed by atoms with van der Waals surface area (Å²) in [5.74, 6) is 0.901. The fourth-order valence-electron chi connectivity index (χ4n) is 1.07. The van der Waals surface area contributed by atoms with Gasteiger partial charge in [0.05, 0.1) is 0 Å². The highest BCUT2D eigenvalue weighted by molar-refractivity contribution is 8.68. The summed E-state index contributed by atoms with van der Waals surface area (Å²) in [6.07, 6.45) is 0.939. The lowest BCUT2D eigenvalue weighted by atomic mass is 10.1. The van der Waals surface area contributed by atoms with Gasteiger partial charge in [-0.25, -0.2) is 0 Å². The van der Waals surface area contributed by atoms with Crippen LogP contribution in [0.25, 0.3) is 0 Å². The van der Waals surface area contributed by atoms with Crippen LogP contribution in [0, 0.1) is 0 Å². The molecule has 0 amide bonds. The molecule has 0 unspecified atom stereocenters. The first-order valence-electron chi connectivity index (χ1n) is 3.89. The Labute approximate surface area is 82.5 Å². The molecule has 0 saturated carbocycles. The molecule has 1 nitrogen and oxygen atoms in total. The lowest BCUT2D eigenvalue weighted by molar-refractivity contribution is 0.750. The van der Waals surface area contributed by atoms with Gasteiger partial charge in [0.15, 0.2) is 0 Å². The average Bonchev–Trinajstić information content (AvgIpc) is 2.06. The van der Waals surface area contributed by atoms with E-state index in [9.17, 15) is 0 Å². The summed E-state index contributed by atoms with van der Waals surface area (Å²) >= 11 is 4.06. The van der Waals surface area contributed by atoms with Crippen LogP contribution in [0.2, 0.25) is 0 Å². The fraction of sp³-hybridized carbons (Fsp3) is 0.333. The molecule has 1 rings (SSSR count). The van der Waals surface area contributed by atoms with Gasteiger partial charge in [0.2, 0.25) is 0 Å². The van der Waals surface area contributed by atoms with Crippen molar-refractivity contribution in [3.63, 3.8) is 0 Å². The van der Waals surface area contributed by atoms with Crippen molar-refractivity contribution in [3.8, 4) is 0 Å². The van der Waals surface area contributed by atoms with Crippen molar-refractivity contribution in [2.24, 2.45) is 5.73 Å². The second-order valence-electron chi connectivity index (χ2n) is 2.75. The van der Waals surface area contributed by atoms with Crippen molar-refractivity contribution in [1.82, 2.24) is 0 Å². The van der Waals surface area contributed by atoms with Crippen molar-refractivity contribution in [2.75, 3.05) is 5.75 Å². The number of nitrogens with two attached hydrogens (primary N) is 1. The zero-order chi connectivity index (χ0) is 8.81. The Morgan fingerprint density at radius 1 is 1.33 bits per heavy atom. The van der Waals surface area contributed by atoms with Gasteiger partial charge in [-0.3, -0.25) is 0 Å². The second-order valence-corrected chi connectivity index (χ2v) is 4.11. The SMILES string of the molecule is N[C@@H](CSS)Cc1ccccc1. The Bertz CT molecular complexity index is 213. The van der Waals surface area contributed by atoms with E-state index in [2.05, 4.69) is 23.8 Å². The largest absolute Gasteiger partial charge is 0.327 e. The molecular formula is C9H13NS2. The van der Waals surface area contributed by atoms with Gasteiger partial charge in [-0.15, -0.1) is 11.7 Å². The fourth-order valence-corrected chi connectivity index (χ4v) is 1.96. The topological polar surface area (TPSA) is 26.0 Å². The van der Waals surface area contributed by atoms with Crippen molar-refractivity contribution >= 4 is 22.5 Å². The molecule has 0 aliphatic carbocycles. The first-order chi connectivity index (χ1) is 5.83. The third-order valence-electron chi connectivity index (χ3n) is 1.63. The van der Waals surface area contributed by atoms with E-state index in [1.165, 1.54) is 16.4 Å². The Balaban J connectivity index is 2.41. The molecule has 1 aromatic rings. The molecule has 12 heavy (non-hydrogen) atoms. The molecule has 0 fully saturated rings. The highest BCUT2D eigenvalue weighted by Gasteiger charge is 2.01. The molecule has 0 spiro atoms. The molecule has 0 radical (unpaired) electrons. The molecule has 3 heteroatoms. The zero-order valence-corrected chi connectivity index (χ0v) is 8.52. The van der Waals surface area contributed by atoms with Gasteiger partial charge >= 0.3 is 0 Å². The molecule has 0 aromatic heterocycles. The Hall–Kier alpha value is -0.120. The summed E-state index contributed by atoms with van der Waals surface area (Å²) < 4.78 is 0. The standard InChI is InChI=1S/C9H13NS2/c10-9(7-12-11)6-8-4-2-1-3-5-8/h1-5,9,11H,6-7,10H2/t9-/m1/s1. The smallest absolute Gasteiger partial charge is 0.0190 e. The molecular weight excluding hydrogens is 186 g/mol. The average molecular weight is 199 g/mol. The van der Waals surface area contributed by atoms with Crippen LogP contribution in [-0.4, -0.2) is 11.8 Å². The minimum atomic E-state index is 0.217. The minimum Gasteiger partial charge on any atom is -0.327 e. The molecule has 2 N–H and O–H groups in total. The molecule has 0 saturated heterocycles. The highest BCUT2D eigenvalue weighted by Crippen LogP contribution is 2.09. The van der Waals surface area contributed by atoms with E-state index in [0.29, 0.717) is 0 Å². The monoisotopic (exact) mass is 199 g/mol. The van der Waals surface area contributed by atoms with Crippen molar-refractivity contribution in [2.45, 2.75) is 12.5 Å². The van der Waals surface area contributed by atoms with E-state index >= 15 is 0 Å². The van der Waals surface area contributed by atoms with Crippen molar-refractivity contribution in [3.05, 3.63) is 35.9 Å². The predicted octanol–water partition coefficient (Wildman–Crippen LogP) is 2.13. The van der Waals surface area contributed by atoms with Gasteiger partial charge in [-0.2, -0.15) is 0 Å². The van der Waals surface area contributed by atoms with Crippen LogP contribution >= 0.6 is 22.5 Å². The van der Waals surface area contributed by atoms with E-state index in [1.807, 2.05) is 18.2 Å². The van der Waals surface area contributed by atoms with E-state index in [4.69, 9.17) is 5.73 Å². The lowest BCUT2D eigenvalue weighted by Gasteiger charge is -2.08. The number of benzene rings is 1. The zero-order valence-electron chi connectivity index (χ0n) is 6.81.